The van der Waals surface area contributed by atoms with Gasteiger partial charge in [-0.05, 0) is 47.0 Å². The van der Waals surface area contributed by atoms with Crippen LogP contribution in [0, 0.1) is 0 Å². The lowest BCUT2D eigenvalue weighted by Gasteiger charge is -2.35. The van der Waals surface area contributed by atoms with E-state index in [1.165, 1.54) is 12.1 Å². The Hall–Kier alpha value is -4.23. The van der Waals surface area contributed by atoms with Gasteiger partial charge in [-0.2, -0.15) is 0 Å². The van der Waals surface area contributed by atoms with Crippen LogP contribution >= 0.6 is 11.6 Å². The number of H-pyrrole nitrogens is 1. The topological polar surface area (TPSA) is 91.9 Å². The van der Waals surface area contributed by atoms with E-state index in [2.05, 4.69) is 4.98 Å². The predicted molar refractivity (Wildman–Crippen MR) is 136 cm³/mol. The first kappa shape index (κ1) is 22.2. The Morgan fingerprint density at radius 1 is 1.11 bits per heavy atom. The number of hydrogen-bond acceptors (Lipinski definition) is 4. The van der Waals surface area contributed by atoms with E-state index in [4.69, 9.17) is 26.2 Å². The van der Waals surface area contributed by atoms with Crippen molar-refractivity contribution in [3.63, 3.8) is 0 Å². The molecule has 0 saturated carbocycles. The molecule has 2 N–H and O–H groups in total. The highest BCUT2D eigenvalue weighted by molar-refractivity contribution is 6.32. The SMILES string of the molecule is O=C(O)c1ccc(/C=C/CN2C(=O)Cc3c([nH]c4ccccc34)C2c2ccc3c(c2)OCO3)c(Cl)c1. The molecule has 0 bridgehead atoms. The lowest BCUT2D eigenvalue weighted by Crippen LogP contribution is -2.40. The van der Waals surface area contributed by atoms with E-state index in [0.29, 0.717) is 35.1 Å². The van der Waals surface area contributed by atoms with E-state index in [1.807, 2.05) is 53.4 Å². The van der Waals surface area contributed by atoms with Crippen molar-refractivity contribution < 1.29 is 24.2 Å². The zero-order valence-corrected chi connectivity index (χ0v) is 19.8. The fraction of sp³-hybridized carbons (Fsp3) is 0.143. The van der Waals surface area contributed by atoms with Gasteiger partial charge in [-0.25, -0.2) is 4.79 Å². The van der Waals surface area contributed by atoms with Crippen molar-refractivity contribution in [2.24, 2.45) is 0 Å². The maximum absolute atomic E-state index is 13.5. The van der Waals surface area contributed by atoms with Crippen LogP contribution in [0.5, 0.6) is 11.5 Å². The van der Waals surface area contributed by atoms with Crippen molar-refractivity contribution in [1.82, 2.24) is 9.88 Å². The zero-order valence-electron chi connectivity index (χ0n) is 19.0. The van der Waals surface area contributed by atoms with Gasteiger partial charge in [0, 0.05) is 28.2 Å². The summed E-state index contributed by atoms with van der Waals surface area (Å²) in [7, 11) is 0. The molecule has 0 fully saturated rings. The summed E-state index contributed by atoms with van der Waals surface area (Å²) in [5, 5.41) is 10.5. The number of rotatable bonds is 5. The molecule has 0 aliphatic carbocycles. The molecule has 1 amide bonds. The molecule has 2 aliphatic heterocycles. The van der Waals surface area contributed by atoms with Crippen LogP contribution in [0.2, 0.25) is 5.02 Å². The number of carbonyl (C=O) groups is 2. The molecule has 6 rings (SSSR count). The minimum atomic E-state index is -1.04. The smallest absolute Gasteiger partial charge is 0.335 e. The van der Waals surface area contributed by atoms with Crippen molar-refractivity contribution in [3.05, 3.63) is 99.7 Å². The molecular formula is C28H21ClN2O5. The summed E-state index contributed by atoms with van der Waals surface area (Å²) in [6.45, 7) is 0.512. The van der Waals surface area contributed by atoms with Gasteiger partial charge < -0.3 is 24.5 Å². The predicted octanol–water partition coefficient (Wildman–Crippen LogP) is 5.44. The number of aromatic carboxylic acids is 1. The number of nitrogens with one attached hydrogen (secondary N) is 1. The maximum Gasteiger partial charge on any atom is 0.335 e. The number of carboxylic acid groups (broad SMARTS) is 1. The second-order valence-electron chi connectivity index (χ2n) is 8.74. The summed E-state index contributed by atoms with van der Waals surface area (Å²) in [5.41, 5.74) is 4.69. The fourth-order valence-electron chi connectivity index (χ4n) is 4.92. The van der Waals surface area contributed by atoms with Gasteiger partial charge in [-0.15, -0.1) is 0 Å². The first-order valence-electron chi connectivity index (χ1n) is 11.5. The number of hydrogen-bond donors (Lipinski definition) is 2. The van der Waals surface area contributed by atoms with Gasteiger partial charge in [0.05, 0.1) is 18.0 Å². The Bertz CT molecular complexity index is 1560. The molecule has 1 aromatic heterocycles. The molecule has 7 nitrogen and oxygen atoms in total. The van der Waals surface area contributed by atoms with Gasteiger partial charge in [0.15, 0.2) is 11.5 Å². The molecule has 2 aliphatic rings. The molecule has 3 heterocycles. The standard InChI is InChI=1S/C28H21ClN2O5/c29-21-12-18(28(33)34)8-7-16(21)4-3-11-31-25(32)14-20-19-5-1-2-6-22(19)30-26(20)27(31)17-9-10-23-24(13-17)36-15-35-23/h1-10,12-13,27,30H,11,14-15H2,(H,33,34)/b4-3+. The highest BCUT2D eigenvalue weighted by Gasteiger charge is 2.36. The minimum absolute atomic E-state index is 0.00638. The molecule has 3 aromatic carbocycles. The maximum atomic E-state index is 13.5. The van der Waals surface area contributed by atoms with Crippen LogP contribution in [-0.2, 0) is 11.2 Å². The molecule has 180 valence electrons. The number of ether oxygens (including phenoxy) is 2. The van der Waals surface area contributed by atoms with Gasteiger partial charge >= 0.3 is 5.97 Å². The number of carbonyl (C=O) groups excluding carboxylic acids is 1. The van der Waals surface area contributed by atoms with Crippen LogP contribution < -0.4 is 9.47 Å². The number of halogens is 1. The summed E-state index contributed by atoms with van der Waals surface area (Å²) in [5.74, 6) is 0.312. The second kappa shape index (κ2) is 8.77. The van der Waals surface area contributed by atoms with E-state index in [0.717, 1.165) is 27.7 Å². The van der Waals surface area contributed by atoms with Crippen LogP contribution in [-0.4, -0.2) is 40.2 Å². The van der Waals surface area contributed by atoms with E-state index in [-0.39, 0.29) is 24.3 Å². The molecule has 1 unspecified atom stereocenters. The Labute approximate surface area is 211 Å². The average Bonchev–Trinajstić information content (AvgIpc) is 3.49. The van der Waals surface area contributed by atoms with Crippen LogP contribution in [0.25, 0.3) is 17.0 Å². The number of fused-ring (bicyclic) bond motifs is 4. The summed E-state index contributed by atoms with van der Waals surface area (Å²) < 4.78 is 11.1. The first-order valence-corrected chi connectivity index (χ1v) is 11.9. The minimum Gasteiger partial charge on any atom is -0.478 e. The van der Waals surface area contributed by atoms with Crippen molar-refractivity contribution in [1.29, 1.82) is 0 Å². The average molecular weight is 501 g/mol. The van der Waals surface area contributed by atoms with Crippen LogP contribution in [0.1, 0.15) is 38.8 Å². The van der Waals surface area contributed by atoms with Crippen molar-refractivity contribution >= 4 is 40.5 Å². The Kier molecular flexibility index (Phi) is 5.42. The third-order valence-corrected chi connectivity index (χ3v) is 6.97. The highest BCUT2D eigenvalue weighted by atomic mass is 35.5. The Morgan fingerprint density at radius 2 is 1.94 bits per heavy atom. The first-order chi connectivity index (χ1) is 17.5. The van der Waals surface area contributed by atoms with E-state index < -0.39 is 5.97 Å². The molecule has 8 heteroatoms. The van der Waals surface area contributed by atoms with Crippen LogP contribution in [0.3, 0.4) is 0 Å². The number of aromatic nitrogens is 1. The second-order valence-corrected chi connectivity index (χ2v) is 9.15. The van der Waals surface area contributed by atoms with Crippen LogP contribution in [0.4, 0.5) is 0 Å². The van der Waals surface area contributed by atoms with Crippen molar-refractivity contribution in [3.8, 4) is 11.5 Å². The lowest BCUT2D eigenvalue weighted by molar-refractivity contribution is -0.132. The van der Waals surface area contributed by atoms with Gasteiger partial charge in [0.1, 0.15) is 0 Å². The molecule has 0 radical (unpaired) electrons. The third-order valence-electron chi connectivity index (χ3n) is 6.64. The van der Waals surface area contributed by atoms with Crippen molar-refractivity contribution in [2.75, 3.05) is 13.3 Å². The quantitative estimate of drug-likeness (QED) is 0.381. The van der Waals surface area contributed by atoms with Gasteiger partial charge in [0.25, 0.3) is 0 Å². The summed E-state index contributed by atoms with van der Waals surface area (Å²) in [4.78, 5) is 30.0. The monoisotopic (exact) mass is 500 g/mol. The van der Waals surface area contributed by atoms with Gasteiger partial charge in [-0.1, -0.05) is 54.1 Å². The third kappa shape index (κ3) is 3.78. The van der Waals surface area contributed by atoms with Crippen molar-refractivity contribution in [2.45, 2.75) is 12.5 Å². The number of amides is 1. The molecule has 0 saturated heterocycles. The fourth-order valence-corrected chi connectivity index (χ4v) is 5.17. The normalized spacial score (nSPS) is 16.6. The Balaban J connectivity index is 1.38. The highest BCUT2D eigenvalue weighted by Crippen LogP contribution is 2.42. The number of nitrogens with zero attached hydrogens (tertiary/aromatic N) is 1. The number of carboxylic acids is 1. The van der Waals surface area contributed by atoms with E-state index in [9.17, 15) is 9.59 Å². The molecule has 36 heavy (non-hydrogen) atoms. The summed E-state index contributed by atoms with van der Waals surface area (Å²) >= 11 is 6.29. The number of aromatic amines is 1. The Morgan fingerprint density at radius 3 is 2.78 bits per heavy atom. The molecule has 4 aromatic rings. The number of benzene rings is 3. The molecule has 0 spiro atoms. The lowest BCUT2D eigenvalue weighted by atomic mass is 9.91. The zero-order chi connectivity index (χ0) is 24.8. The largest absolute Gasteiger partial charge is 0.478 e. The number of para-hydroxylation sites is 1. The van der Waals surface area contributed by atoms with E-state index in [1.54, 1.807) is 12.1 Å². The summed E-state index contributed by atoms with van der Waals surface area (Å²) in [6.07, 6.45) is 3.97. The van der Waals surface area contributed by atoms with Crippen LogP contribution in [0.15, 0.2) is 66.7 Å². The van der Waals surface area contributed by atoms with Gasteiger partial charge in [0.2, 0.25) is 12.7 Å². The van der Waals surface area contributed by atoms with Gasteiger partial charge in [-0.3, -0.25) is 4.79 Å². The van der Waals surface area contributed by atoms with E-state index >= 15 is 0 Å². The summed E-state index contributed by atoms with van der Waals surface area (Å²) in [6, 6.07) is 18.0. The molecular weight excluding hydrogens is 480 g/mol. The molecule has 1 atom stereocenters.